The van der Waals surface area contributed by atoms with Gasteiger partial charge in [0.05, 0.1) is 6.10 Å². The number of ketones is 1. The first-order valence-electron chi connectivity index (χ1n) is 11.4. The third-order valence-electron chi connectivity index (χ3n) is 9.39. The van der Waals surface area contributed by atoms with Crippen molar-refractivity contribution in [3.8, 4) is 0 Å². The molecule has 0 spiro atoms. The molecular weight excluding hydrogens is 360 g/mol. The highest BCUT2D eigenvalue weighted by Gasteiger charge is 2.65. The predicted octanol–water partition coefficient (Wildman–Crippen LogP) is 4.60. The molecule has 1 N–H and O–H groups in total. The van der Waals surface area contributed by atoms with Crippen molar-refractivity contribution >= 4 is 11.5 Å². The molecular formula is C25H38N2O2. The van der Waals surface area contributed by atoms with Crippen LogP contribution in [0, 0.1) is 34.0 Å². The molecule has 0 aromatic carbocycles. The van der Waals surface area contributed by atoms with Crippen LogP contribution in [0.25, 0.3) is 0 Å². The molecule has 4 rings (SSSR count). The van der Waals surface area contributed by atoms with E-state index in [4.69, 9.17) is 5.10 Å². The molecule has 6 unspecified atom stereocenters. The Morgan fingerprint density at radius 1 is 1.28 bits per heavy atom. The Bertz CT molecular complexity index is 797. The van der Waals surface area contributed by atoms with Crippen molar-refractivity contribution in [1.29, 1.82) is 0 Å². The van der Waals surface area contributed by atoms with Gasteiger partial charge in [-0.15, -0.1) is 0 Å². The van der Waals surface area contributed by atoms with E-state index in [0.29, 0.717) is 11.8 Å². The highest BCUT2D eigenvalue weighted by atomic mass is 16.3. The molecule has 3 fully saturated rings. The number of carbonyl (C=O) groups excluding carboxylic acids is 1. The highest BCUT2D eigenvalue weighted by molar-refractivity contribution is 6.01. The van der Waals surface area contributed by atoms with Gasteiger partial charge in [0, 0.05) is 36.6 Å². The molecule has 0 saturated heterocycles. The molecule has 3 saturated carbocycles. The maximum absolute atomic E-state index is 12.0. The first-order chi connectivity index (χ1) is 13.6. The lowest BCUT2D eigenvalue weighted by atomic mass is 9.45. The zero-order valence-electron chi connectivity index (χ0n) is 19.0. The highest BCUT2D eigenvalue weighted by Crippen LogP contribution is 2.69. The van der Waals surface area contributed by atoms with Crippen molar-refractivity contribution in [2.45, 2.75) is 72.3 Å². The number of rotatable bonds is 3. The topological polar surface area (TPSA) is 52.9 Å². The molecule has 0 aromatic rings. The molecule has 0 heterocycles. The molecule has 29 heavy (non-hydrogen) atoms. The van der Waals surface area contributed by atoms with Gasteiger partial charge in [-0.25, -0.2) is 0 Å². The number of carbonyl (C=O) groups is 1. The number of hydrazone groups is 1. The molecule has 0 aromatic heterocycles. The van der Waals surface area contributed by atoms with Gasteiger partial charge in [0.1, 0.15) is 0 Å². The zero-order chi connectivity index (χ0) is 21.2. The molecule has 0 bridgehead atoms. The summed E-state index contributed by atoms with van der Waals surface area (Å²) in [4.78, 5) is 12.0. The number of fused-ring (bicyclic) bond motifs is 5. The summed E-state index contributed by atoms with van der Waals surface area (Å²) in [5, 5.41) is 18.4. The van der Waals surface area contributed by atoms with E-state index >= 15 is 0 Å². The Kier molecular flexibility index (Phi) is 4.88. The third kappa shape index (κ3) is 2.81. The van der Waals surface area contributed by atoms with E-state index < -0.39 is 0 Å². The Labute approximate surface area is 176 Å². The Morgan fingerprint density at radius 2 is 2.00 bits per heavy atom. The van der Waals surface area contributed by atoms with Crippen molar-refractivity contribution < 1.29 is 9.90 Å². The van der Waals surface area contributed by atoms with Crippen molar-refractivity contribution in [3.63, 3.8) is 0 Å². The second-order valence-electron chi connectivity index (χ2n) is 10.8. The molecule has 0 aliphatic heterocycles. The molecule has 7 atom stereocenters. The summed E-state index contributed by atoms with van der Waals surface area (Å²) in [5.74, 6) is 1.42. The SMILES string of the molecule is CC/C(=N\N(C)C)[C@@]1(C)CCC2C3CCC4=CC(=O)C=CC4(C)C3C(O)CC21C. The van der Waals surface area contributed by atoms with Crippen molar-refractivity contribution in [3.05, 3.63) is 23.8 Å². The fraction of sp³-hybridized carbons (Fsp3) is 0.760. The average Bonchev–Trinajstić information content (AvgIpc) is 2.91. The Morgan fingerprint density at radius 3 is 2.66 bits per heavy atom. The number of hydrogen-bond acceptors (Lipinski definition) is 4. The van der Waals surface area contributed by atoms with E-state index in [2.05, 4.69) is 33.8 Å². The van der Waals surface area contributed by atoms with E-state index in [1.165, 1.54) is 17.7 Å². The van der Waals surface area contributed by atoms with Crippen LogP contribution in [0.5, 0.6) is 0 Å². The number of allylic oxidation sites excluding steroid dienone is 4. The number of aliphatic hydroxyl groups is 1. The zero-order valence-corrected chi connectivity index (χ0v) is 19.0. The smallest absolute Gasteiger partial charge is 0.178 e. The van der Waals surface area contributed by atoms with E-state index in [1.807, 2.05) is 25.2 Å². The maximum Gasteiger partial charge on any atom is 0.178 e. The molecule has 4 heteroatoms. The second-order valence-corrected chi connectivity index (χ2v) is 10.8. The van der Waals surface area contributed by atoms with Gasteiger partial charge in [0.15, 0.2) is 5.78 Å². The van der Waals surface area contributed by atoms with Crippen LogP contribution in [0.3, 0.4) is 0 Å². The van der Waals surface area contributed by atoms with E-state index in [9.17, 15) is 9.90 Å². The van der Waals surface area contributed by atoms with Gasteiger partial charge in [0.2, 0.25) is 0 Å². The summed E-state index contributed by atoms with van der Waals surface area (Å²) in [6.07, 6.45) is 11.5. The quantitative estimate of drug-likeness (QED) is 0.558. The van der Waals surface area contributed by atoms with Gasteiger partial charge in [-0.1, -0.05) is 39.3 Å². The van der Waals surface area contributed by atoms with Gasteiger partial charge < -0.3 is 10.1 Å². The summed E-state index contributed by atoms with van der Waals surface area (Å²) in [7, 11) is 4.01. The van der Waals surface area contributed by atoms with Crippen LogP contribution in [-0.2, 0) is 4.79 Å². The van der Waals surface area contributed by atoms with Crippen LogP contribution in [0.2, 0.25) is 0 Å². The minimum absolute atomic E-state index is 0.0258. The van der Waals surface area contributed by atoms with E-state index in [1.54, 1.807) is 6.08 Å². The van der Waals surface area contributed by atoms with Crippen molar-refractivity contribution in [2.24, 2.45) is 39.1 Å². The summed E-state index contributed by atoms with van der Waals surface area (Å²) in [6, 6.07) is 0. The molecule has 4 nitrogen and oxygen atoms in total. The van der Waals surface area contributed by atoms with Gasteiger partial charge >= 0.3 is 0 Å². The van der Waals surface area contributed by atoms with Crippen molar-refractivity contribution in [2.75, 3.05) is 14.1 Å². The second kappa shape index (κ2) is 6.80. The van der Waals surface area contributed by atoms with Crippen LogP contribution >= 0.6 is 0 Å². The number of aliphatic hydroxyl groups excluding tert-OH is 1. The van der Waals surface area contributed by atoms with E-state index in [0.717, 1.165) is 32.1 Å². The van der Waals surface area contributed by atoms with Crippen LogP contribution in [0.1, 0.15) is 66.2 Å². The molecule has 0 radical (unpaired) electrons. The lowest BCUT2D eigenvalue weighted by molar-refractivity contribution is -0.123. The van der Waals surface area contributed by atoms with Gasteiger partial charge in [0.25, 0.3) is 0 Å². The third-order valence-corrected chi connectivity index (χ3v) is 9.39. The Hall–Kier alpha value is -1.42. The molecule has 4 aliphatic carbocycles. The monoisotopic (exact) mass is 398 g/mol. The summed E-state index contributed by atoms with van der Waals surface area (Å²) >= 11 is 0. The van der Waals surface area contributed by atoms with Crippen LogP contribution < -0.4 is 0 Å². The molecule has 4 aliphatic rings. The van der Waals surface area contributed by atoms with Gasteiger partial charge in [-0.2, -0.15) is 5.10 Å². The number of nitrogens with zero attached hydrogens (tertiary/aromatic N) is 2. The average molecular weight is 399 g/mol. The fourth-order valence-electron chi connectivity index (χ4n) is 7.86. The lowest BCUT2D eigenvalue weighted by Crippen LogP contribution is -2.58. The standard InChI is InChI=1S/C25H38N2O2/c1-7-21(26-27(5)6)24(3)13-11-19-18-9-8-16-14-17(28)10-12-23(16,2)22(18)20(29)15-25(19,24)4/h10,12,14,18-20,22,29H,7-9,11,13,15H2,1-6H3/b26-21+/t18?,19?,20?,22?,23?,24-,25?/m1/s1. The van der Waals surface area contributed by atoms with Gasteiger partial charge in [-0.05, 0) is 67.9 Å². The summed E-state index contributed by atoms with van der Waals surface area (Å²) in [5.41, 5.74) is 2.42. The van der Waals surface area contributed by atoms with Crippen LogP contribution in [0.15, 0.2) is 28.9 Å². The first kappa shape index (κ1) is 20.8. The number of hydrogen-bond donors (Lipinski definition) is 1. The first-order valence-corrected chi connectivity index (χ1v) is 11.4. The molecule has 160 valence electrons. The minimum Gasteiger partial charge on any atom is -0.393 e. The van der Waals surface area contributed by atoms with Crippen LogP contribution in [0.4, 0.5) is 0 Å². The van der Waals surface area contributed by atoms with Crippen LogP contribution in [-0.4, -0.2) is 41.8 Å². The predicted molar refractivity (Wildman–Crippen MR) is 118 cm³/mol. The maximum atomic E-state index is 12.0. The van der Waals surface area contributed by atoms with Crippen molar-refractivity contribution in [1.82, 2.24) is 5.01 Å². The minimum atomic E-state index is -0.345. The molecule has 0 amide bonds. The fourth-order valence-corrected chi connectivity index (χ4v) is 7.86. The normalized spacial score (nSPS) is 46.7. The Balaban J connectivity index is 1.74. The van der Waals surface area contributed by atoms with E-state index in [-0.39, 0.29) is 34.1 Å². The van der Waals surface area contributed by atoms with Gasteiger partial charge in [-0.3, -0.25) is 4.79 Å². The summed E-state index contributed by atoms with van der Waals surface area (Å²) in [6.45, 7) is 9.30. The summed E-state index contributed by atoms with van der Waals surface area (Å²) < 4.78 is 0. The largest absolute Gasteiger partial charge is 0.393 e. The lowest BCUT2D eigenvalue weighted by Gasteiger charge is -2.60.